The summed E-state index contributed by atoms with van der Waals surface area (Å²) in [5.41, 5.74) is 4.62. The van der Waals surface area contributed by atoms with Crippen molar-refractivity contribution < 1.29 is 23.9 Å². The standard InChI is InChI=1S/C29H23ClN2O5/c1-15(29(36)37-14-22(33)31-21-13-7-6-12-20(21)30)32-27(34)25-23-16-8-2-3-9-17(16)24(26(25)28(32)35)19-11-5-4-10-18(19)23/h2-13,15,23-26H,14H2,1H3,(H,31,33)/t15-,23?,24?,25-,26+/m0/s1. The summed E-state index contributed by atoms with van der Waals surface area (Å²) in [4.78, 5) is 53.7. The van der Waals surface area contributed by atoms with E-state index in [0.717, 1.165) is 27.2 Å². The Morgan fingerprint density at radius 1 is 0.838 bits per heavy atom. The van der Waals surface area contributed by atoms with Gasteiger partial charge >= 0.3 is 5.97 Å². The van der Waals surface area contributed by atoms with E-state index in [1.54, 1.807) is 24.3 Å². The Kier molecular flexibility index (Phi) is 5.60. The van der Waals surface area contributed by atoms with Crippen molar-refractivity contribution in [1.29, 1.82) is 0 Å². The number of anilines is 1. The normalized spacial score (nSPS) is 23.7. The summed E-state index contributed by atoms with van der Waals surface area (Å²) in [6, 6.07) is 21.4. The molecule has 186 valence electrons. The number of imide groups is 1. The molecule has 7 nitrogen and oxygen atoms in total. The minimum absolute atomic E-state index is 0.256. The molecule has 0 radical (unpaired) electrons. The Morgan fingerprint density at radius 3 is 1.78 bits per heavy atom. The first-order chi connectivity index (χ1) is 17.9. The first-order valence-corrected chi connectivity index (χ1v) is 12.5. The molecule has 37 heavy (non-hydrogen) atoms. The SMILES string of the molecule is C[C@@H](C(=O)OCC(=O)Nc1ccccc1Cl)N1C(=O)[C@@H]2C3c4ccccc4C(c4ccccc43)[C@@H]2C1=O. The lowest BCUT2D eigenvalue weighted by molar-refractivity contribution is -0.159. The predicted molar refractivity (Wildman–Crippen MR) is 136 cm³/mol. The number of ether oxygens (including phenoxy) is 1. The van der Waals surface area contributed by atoms with Gasteiger partial charge in [-0.15, -0.1) is 0 Å². The van der Waals surface area contributed by atoms with E-state index < -0.39 is 36.4 Å². The van der Waals surface area contributed by atoms with E-state index in [2.05, 4.69) is 5.32 Å². The zero-order valence-corrected chi connectivity index (χ0v) is 20.6. The average Bonchev–Trinajstić information content (AvgIpc) is 3.18. The van der Waals surface area contributed by atoms with Crippen LogP contribution in [-0.2, 0) is 23.9 Å². The number of nitrogens with one attached hydrogen (secondary N) is 1. The maximum absolute atomic E-state index is 13.7. The van der Waals surface area contributed by atoms with Crippen LogP contribution < -0.4 is 5.32 Å². The van der Waals surface area contributed by atoms with Crippen LogP contribution in [0, 0.1) is 11.8 Å². The maximum atomic E-state index is 13.7. The average molecular weight is 515 g/mol. The molecule has 1 fully saturated rings. The summed E-state index contributed by atoms with van der Waals surface area (Å²) in [5, 5.41) is 2.93. The Balaban J connectivity index is 1.22. The van der Waals surface area contributed by atoms with Gasteiger partial charge < -0.3 is 10.1 Å². The minimum atomic E-state index is -1.16. The predicted octanol–water partition coefficient (Wildman–Crippen LogP) is 4.10. The van der Waals surface area contributed by atoms with Crippen LogP contribution in [0.25, 0.3) is 0 Å². The lowest BCUT2D eigenvalue weighted by atomic mass is 9.55. The Hall–Kier alpha value is -3.97. The topological polar surface area (TPSA) is 92.8 Å². The van der Waals surface area contributed by atoms with Gasteiger partial charge in [0.2, 0.25) is 11.8 Å². The summed E-state index contributed by atoms with van der Waals surface area (Å²) in [7, 11) is 0. The molecule has 3 aliphatic carbocycles. The van der Waals surface area contributed by atoms with Gasteiger partial charge in [0.15, 0.2) is 6.61 Å². The highest BCUT2D eigenvalue weighted by Gasteiger charge is 2.62. The third kappa shape index (κ3) is 3.56. The number of hydrogen-bond donors (Lipinski definition) is 1. The molecule has 0 spiro atoms. The number of para-hydroxylation sites is 1. The molecule has 3 aromatic carbocycles. The zero-order chi connectivity index (χ0) is 25.8. The largest absolute Gasteiger partial charge is 0.454 e. The molecule has 0 unspecified atom stereocenters. The quantitative estimate of drug-likeness (QED) is 0.409. The second-order valence-corrected chi connectivity index (χ2v) is 10.0. The van der Waals surface area contributed by atoms with Crippen molar-refractivity contribution in [2.75, 3.05) is 11.9 Å². The molecule has 4 aliphatic rings. The van der Waals surface area contributed by atoms with Gasteiger partial charge in [-0.05, 0) is 41.3 Å². The van der Waals surface area contributed by atoms with Gasteiger partial charge in [-0.2, -0.15) is 0 Å². The van der Waals surface area contributed by atoms with Gasteiger partial charge in [0, 0.05) is 11.8 Å². The summed E-state index contributed by atoms with van der Waals surface area (Å²) in [5.74, 6) is -3.83. The van der Waals surface area contributed by atoms with E-state index in [9.17, 15) is 19.2 Å². The van der Waals surface area contributed by atoms with Crippen LogP contribution in [0.2, 0.25) is 5.02 Å². The number of carbonyl (C=O) groups is 4. The lowest BCUT2D eigenvalue weighted by Gasteiger charge is -2.45. The van der Waals surface area contributed by atoms with Gasteiger partial charge in [-0.25, -0.2) is 4.79 Å². The van der Waals surface area contributed by atoms with Crippen molar-refractivity contribution in [3.63, 3.8) is 0 Å². The Labute approximate surface area is 218 Å². The molecule has 0 saturated carbocycles. The number of rotatable bonds is 5. The summed E-state index contributed by atoms with van der Waals surface area (Å²) < 4.78 is 5.19. The molecule has 3 aromatic rings. The highest BCUT2D eigenvalue weighted by Crippen LogP contribution is 2.61. The number of likely N-dealkylation sites (tertiary alicyclic amines) is 1. The number of carbonyl (C=O) groups excluding carboxylic acids is 4. The van der Waals surface area contributed by atoms with Crippen molar-refractivity contribution in [2.24, 2.45) is 11.8 Å². The molecule has 3 amide bonds. The molecule has 1 N–H and O–H groups in total. The fourth-order valence-electron chi connectivity index (χ4n) is 6.19. The van der Waals surface area contributed by atoms with E-state index in [-0.39, 0.29) is 23.7 Å². The molecule has 0 aromatic heterocycles. The first-order valence-electron chi connectivity index (χ1n) is 12.1. The summed E-state index contributed by atoms with van der Waals surface area (Å²) >= 11 is 6.05. The Bertz CT molecular complexity index is 1350. The second kappa shape index (κ2) is 8.85. The maximum Gasteiger partial charge on any atom is 0.329 e. The molecular weight excluding hydrogens is 492 g/mol. The van der Waals surface area contributed by atoms with Crippen molar-refractivity contribution in [2.45, 2.75) is 24.8 Å². The second-order valence-electron chi connectivity index (χ2n) is 9.62. The summed E-state index contributed by atoms with van der Waals surface area (Å²) in [6.07, 6.45) is 0. The van der Waals surface area contributed by atoms with Crippen LogP contribution in [0.3, 0.4) is 0 Å². The van der Waals surface area contributed by atoms with Gasteiger partial charge in [-0.1, -0.05) is 72.3 Å². The van der Waals surface area contributed by atoms with E-state index in [4.69, 9.17) is 16.3 Å². The van der Waals surface area contributed by atoms with Crippen LogP contribution in [0.5, 0.6) is 0 Å². The molecule has 7 rings (SSSR count). The highest BCUT2D eigenvalue weighted by atomic mass is 35.5. The van der Waals surface area contributed by atoms with E-state index in [1.807, 2.05) is 48.5 Å². The third-order valence-electron chi connectivity index (χ3n) is 7.70. The molecule has 1 heterocycles. The van der Waals surface area contributed by atoms with Crippen LogP contribution in [-0.4, -0.2) is 41.2 Å². The lowest BCUT2D eigenvalue weighted by Crippen LogP contribution is -2.45. The molecule has 1 aliphatic heterocycles. The fraction of sp³-hybridized carbons (Fsp3) is 0.241. The minimum Gasteiger partial charge on any atom is -0.454 e. The number of esters is 1. The molecule has 1 saturated heterocycles. The smallest absolute Gasteiger partial charge is 0.329 e. The van der Waals surface area contributed by atoms with Gasteiger partial charge in [0.25, 0.3) is 5.91 Å². The van der Waals surface area contributed by atoms with Crippen LogP contribution in [0.4, 0.5) is 5.69 Å². The highest BCUT2D eigenvalue weighted by molar-refractivity contribution is 6.33. The third-order valence-corrected chi connectivity index (χ3v) is 8.03. The van der Waals surface area contributed by atoms with Crippen molar-refractivity contribution in [3.8, 4) is 0 Å². The van der Waals surface area contributed by atoms with Crippen molar-refractivity contribution >= 4 is 41.0 Å². The van der Waals surface area contributed by atoms with Crippen molar-refractivity contribution in [3.05, 3.63) is 100 Å². The van der Waals surface area contributed by atoms with Crippen molar-refractivity contribution in [1.82, 2.24) is 4.90 Å². The van der Waals surface area contributed by atoms with Gasteiger partial charge in [0.05, 0.1) is 22.5 Å². The summed E-state index contributed by atoms with van der Waals surface area (Å²) in [6.45, 7) is 0.892. The number of benzene rings is 3. The number of halogens is 1. The monoisotopic (exact) mass is 514 g/mol. The molecule has 2 bridgehead atoms. The fourth-order valence-corrected chi connectivity index (χ4v) is 6.38. The van der Waals surface area contributed by atoms with Crippen LogP contribution in [0.1, 0.15) is 41.0 Å². The van der Waals surface area contributed by atoms with E-state index >= 15 is 0 Å². The van der Waals surface area contributed by atoms with E-state index in [0.29, 0.717) is 10.7 Å². The molecule has 3 atom stereocenters. The van der Waals surface area contributed by atoms with Crippen LogP contribution in [0.15, 0.2) is 72.8 Å². The zero-order valence-electron chi connectivity index (χ0n) is 19.9. The Morgan fingerprint density at radius 2 is 1.30 bits per heavy atom. The van der Waals surface area contributed by atoms with Gasteiger partial charge in [-0.3, -0.25) is 19.3 Å². The number of nitrogens with zero attached hydrogens (tertiary/aromatic N) is 1. The first kappa shape index (κ1) is 23.4. The number of amides is 3. The van der Waals surface area contributed by atoms with Crippen LogP contribution >= 0.6 is 11.6 Å². The molecule has 8 heteroatoms. The number of hydrogen-bond acceptors (Lipinski definition) is 5. The van der Waals surface area contributed by atoms with E-state index in [1.165, 1.54) is 6.92 Å². The molecular formula is C29H23ClN2O5. The van der Waals surface area contributed by atoms with Gasteiger partial charge in [0.1, 0.15) is 6.04 Å².